The first-order chi connectivity index (χ1) is 18.9. The Bertz CT molecular complexity index is 1470. The fourth-order valence-corrected chi connectivity index (χ4v) is 5.59. The smallest absolute Gasteiger partial charge is 0.217 e. The largest absolute Gasteiger partial charge is 0.481 e. The number of allylic oxidation sites excluding steroid dienone is 5. The maximum Gasteiger partial charge on any atom is 0.217 e. The molecular formula is C33H37N3O2S. The standard InChI is InChI=1S/C33H37N3O2S/c1-5-6-8-14-25(23-34)26-20-27-21-28(19-24-12-9-7-10-13-24)32(38-4)35-31(27)29(22-26)33(37,16-17-36(2)3)30-15-11-18-39-30/h5-15,18,20-23,37H,16-17,19,34H2,1-4H3/b6-5-,14-8-,25-23+. The zero-order valence-electron chi connectivity index (χ0n) is 23.1. The molecule has 0 amide bonds. The summed E-state index contributed by atoms with van der Waals surface area (Å²) in [6.07, 6.45) is 10.7. The van der Waals surface area contributed by atoms with Crippen molar-refractivity contribution in [2.45, 2.75) is 25.4 Å². The highest BCUT2D eigenvalue weighted by Crippen LogP contribution is 2.41. The van der Waals surface area contributed by atoms with E-state index >= 15 is 0 Å². The van der Waals surface area contributed by atoms with E-state index in [1.165, 1.54) is 5.56 Å². The normalized spacial score (nSPS) is 14.1. The number of aromatic nitrogens is 1. The van der Waals surface area contributed by atoms with Gasteiger partial charge < -0.3 is 20.5 Å². The summed E-state index contributed by atoms with van der Waals surface area (Å²) in [4.78, 5) is 7.98. The minimum Gasteiger partial charge on any atom is -0.481 e. The monoisotopic (exact) mass is 539 g/mol. The highest BCUT2D eigenvalue weighted by atomic mass is 32.1. The lowest BCUT2D eigenvalue weighted by Gasteiger charge is -2.31. The number of benzene rings is 2. The van der Waals surface area contributed by atoms with Crippen LogP contribution in [0.5, 0.6) is 5.88 Å². The molecule has 0 saturated heterocycles. The third-order valence-corrected chi connectivity index (χ3v) is 7.80. The SMILES string of the molecule is C\C=C/C=C\C(=C/N)c1cc(C(O)(CCN(C)C)c2cccs2)c2nc(OC)c(Cc3ccccc3)cc2c1. The van der Waals surface area contributed by atoms with Gasteiger partial charge >= 0.3 is 0 Å². The minimum absolute atomic E-state index is 0.505. The van der Waals surface area contributed by atoms with Crippen molar-refractivity contribution in [1.82, 2.24) is 9.88 Å². The highest BCUT2D eigenvalue weighted by Gasteiger charge is 2.35. The molecule has 0 spiro atoms. The summed E-state index contributed by atoms with van der Waals surface area (Å²) in [7, 11) is 5.68. The Kier molecular flexibility index (Phi) is 9.36. The van der Waals surface area contributed by atoms with Crippen LogP contribution in [-0.2, 0) is 12.0 Å². The van der Waals surface area contributed by atoms with Crippen LogP contribution in [0, 0.1) is 0 Å². The molecule has 4 aromatic rings. The van der Waals surface area contributed by atoms with Crippen molar-refractivity contribution < 1.29 is 9.84 Å². The summed E-state index contributed by atoms with van der Waals surface area (Å²) in [6.45, 7) is 2.67. The molecule has 2 heterocycles. The molecule has 1 unspecified atom stereocenters. The second-order valence-corrected chi connectivity index (χ2v) is 10.8. The van der Waals surface area contributed by atoms with Crippen LogP contribution in [0.4, 0.5) is 0 Å². The predicted molar refractivity (Wildman–Crippen MR) is 164 cm³/mol. The van der Waals surface area contributed by atoms with E-state index in [9.17, 15) is 5.11 Å². The Morgan fingerprint density at radius 1 is 1.10 bits per heavy atom. The van der Waals surface area contributed by atoms with Gasteiger partial charge in [-0.3, -0.25) is 0 Å². The highest BCUT2D eigenvalue weighted by molar-refractivity contribution is 7.10. The molecule has 4 rings (SSSR count). The van der Waals surface area contributed by atoms with Gasteiger partial charge in [-0.15, -0.1) is 11.3 Å². The molecule has 2 aromatic carbocycles. The maximum atomic E-state index is 12.5. The second-order valence-electron chi connectivity index (χ2n) is 9.81. The molecule has 0 saturated carbocycles. The second kappa shape index (κ2) is 12.9. The van der Waals surface area contributed by atoms with E-state index in [-0.39, 0.29) is 0 Å². The molecule has 0 aliphatic rings. The Hall–Kier alpha value is -3.71. The molecule has 1 atom stereocenters. The number of nitrogens with zero attached hydrogens (tertiary/aromatic N) is 2. The van der Waals surface area contributed by atoms with Gasteiger partial charge in [0.2, 0.25) is 5.88 Å². The number of ether oxygens (including phenoxy) is 1. The van der Waals surface area contributed by atoms with E-state index in [1.807, 2.05) is 87.1 Å². The van der Waals surface area contributed by atoms with Crippen LogP contribution in [0.25, 0.3) is 16.5 Å². The van der Waals surface area contributed by atoms with Gasteiger partial charge in [0.1, 0.15) is 5.60 Å². The summed E-state index contributed by atoms with van der Waals surface area (Å²) >= 11 is 1.55. The third-order valence-electron chi connectivity index (χ3n) is 6.78. The number of rotatable bonds is 11. The van der Waals surface area contributed by atoms with Gasteiger partial charge in [-0.25, -0.2) is 4.98 Å². The van der Waals surface area contributed by atoms with Crippen LogP contribution in [0.1, 0.15) is 40.5 Å². The number of nitrogens with two attached hydrogens (primary N) is 1. The van der Waals surface area contributed by atoms with Crippen LogP contribution < -0.4 is 10.5 Å². The number of pyridine rings is 1. The van der Waals surface area contributed by atoms with Crippen LogP contribution in [-0.4, -0.2) is 42.7 Å². The molecule has 6 heteroatoms. The lowest BCUT2D eigenvalue weighted by molar-refractivity contribution is 0.0678. The molecule has 0 bridgehead atoms. The van der Waals surface area contributed by atoms with Crippen molar-refractivity contribution in [3.05, 3.63) is 124 Å². The van der Waals surface area contributed by atoms with E-state index in [1.54, 1.807) is 24.6 Å². The molecule has 0 aliphatic carbocycles. The Labute approximate surface area is 235 Å². The summed E-state index contributed by atoms with van der Waals surface area (Å²) in [5.74, 6) is 0.559. The minimum atomic E-state index is -1.25. The first-order valence-electron chi connectivity index (χ1n) is 13.1. The van der Waals surface area contributed by atoms with Crippen molar-refractivity contribution in [2.24, 2.45) is 5.73 Å². The van der Waals surface area contributed by atoms with Crippen molar-refractivity contribution in [3.63, 3.8) is 0 Å². The van der Waals surface area contributed by atoms with Crippen molar-refractivity contribution in [2.75, 3.05) is 27.7 Å². The Morgan fingerprint density at radius 2 is 1.90 bits per heavy atom. The number of fused-ring (bicyclic) bond motifs is 1. The summed E-state index contributed by atoms with van der Waals surface area (Å²) in [5.41, 5.74) is 10.3. The fraction of sp³-hybridized carbons (Fsp3) is 0.242. The Balaban J connectivity index is 2.00. The van der Waals surface area contributed by atoms with E-state index in [0.717, 1.165) is 38.0 Å². The van der Waals surface area contributed by atoms with E-state index < -0.39 is 5.60 Å². The van der Waals surface area contributed by atoms with Crippen molar-refractivity contribution in [3.8, 4) is 5.88 Å². The zero-order valence-corrected chi connectivity index (χ0v) is 23.9. The summed E-state index contributed by atoms with van der Waals surface area (Å²) in [6, 6.07) is 20.5. The molecule has 2 aromatic heterocycles. The first kappa shape index (κ1) is 28.3. The number of methoxy groups -OCH3 is 1. The number of thiophene rings is 1. The maximum absolute atomic E-state index is 12.5. The lowest BCUT2D eigenvalue weighted by atomic mass is 9.84. The molecule has 5 nitrogen and oxygen atoms in total. The van der Waals surface area contributed by atoms with Gasteiger partial charge in [-0.05, 0) is 73.8 Å². The average molecular weight is 540 g/mol. The number of hydrogen-bond donors (Lipinski definition) is 2. The van der Waals surface area contributed by atoms with E-state index in [2.05, 4.69) is 29.2 Å². The van der Waals surface area contributed by atoms with Crippen LogP contribution in [0.15, 0.2) is 96.5 Å². The molecule has 39 heavy (non-hydrogen) atoms. The zero-order chi connectivity index (χ0) is 27.8. The van der Waals surface area contributed by atoms with E-state index in [0.29, 0.717) is 25.3 Å². The van der Waals surface area contributed by atoms with Crippen molar-refractivity contribution in [1.29, 1.82) is 0 Å². The molecular weight excluding hydrogens is 502 g/mol. The molecule has 0 radical (unpaired) electrons. The third kappa shape index (κ3) is 6.48. The number of hydrogen-bond acceptors (Lipinski definition) is 6. The van der Waals surface area contributed by atoms with E-state index in [4.69, 9.17) is 15.5 Å². The lowest BCUT2D eigenvalue weighted by Crippen LogP contribution is -2.31. The van der Waals surface area contributed by atoms with Gasteiger partial charge in [0.15, 0.2) is 0 Å². The first-order valence-corrected chi connectivity index (χ1v) is 14.0. The van der Waals surface area contributed by atoms with Crippen LogP contribution in [0.2, 0.25) is 0 Å². The van der Waals surface area contributed by atoms with Crippen LogP contribution in [0.3, 0.4) is 0 Å². The predicted octanol–water partition coefficient (Wildman–Crippen LogP) is 6.52. The van der Waals surface area contributed by atoms with Gasteiger partial charge in [-0.1, -0.05) is 60.7 Å². The van der Waals surface area contributed by atoms with Crippen LogP contribution >= 0.6 is 11.3 Å². The van der Waals surface area contributed by atoms with Crippen molar-refractivity contribution >= 4 is 27.8 Å². The molecule has 0 fully saturated rings. The topological polar surface area (TPSA) is 71.6 Å². The fourth-order valence-electron chi connectivity index (χ4n) is 4.72. The molecule has 0 aliphatic heterocycles. The van der Waals surface area contributed by atoms with Gasteiger partial charge in [0, 0.05) is 40.6 Å². The van der Waals surface area contributed by atoms with Gasteiger partial charge in [-0.2, -0.15) is 0 Å². The Morgan fingerprint density at radius 3 is 2.54 bits per heavy atom. The molecule has 3 N–H and O–H groups in total. The average Bonchev–Trinajstić information content (AvgIpc) is 3.50. The van der Waals surface area contributed by atoms with Gasteiger partial charge in [0.25, 0.3) is 0 Å². The number of aliphatic hydroxyl groups is 1. The summed E-state index contributed by atoms with van der Waals surface area (Å²) < 4.78 is 5.80. The van der Waals surface area contributed by atoms with Gasteiger partial charge in [0.05, 0.1) is 12.6 Å². The summed E-state index contributed by atoms with van der Waals surface area (Å²) in [5, 5.41) is 15.4. The molecule has 202 valence electrons. The quantitative estimate of drug-likeness (QED) is 0.213.